The summed E-state index contributed by atoms with van der Waals surface area (Å²) in [4.78, 5) is 19.3. The molecule has 0 aromatic heterocycles. The summed E-state index contributed by atoms with van der Waals surface area (Å²) in [6, 6.07) is 0. The Morgan fingerprint density at radius 3 is 1.20 bits per heavy atom. The number of hydrogen-bond donors (Lipinski definition) is 2. The molecular weight excluding hydrogens is 176 g/mol. The first-order valence-electron chi connectivity index (χ1n) is 2.06. The molecule has 0 saturated heterocycles. The van der Waals surface area contributed by atoms with Crippen molar-refractivity contribution in [2.45, 2.75) is 12.8 Å². The van der Waals surface area contributed by atoms with Gasteiger partial charge in [-0.25, -0.2) is 0 Å². The van der Waals surface area contributed by atoms with Crippen molar-refractivity contribution in [3.63, 3.8) is 0 Å². The molecule has 0 atom stereocenters. The van der Waals surface area contributed by atoms with Crippen molar-refractivity contribution in [1.82, 2.24) is 0 Å². The highest BCUT2D eigenvalue weighted by Gasteiger charge is 2.00. The van der Waals surface area contributed by atoms with Crippen LogP contribution in [0.15, 0.2) is 0 Å². The molecule has 0 fully saturated rings. The van der Waals surface area contributed by atoms with Gasteiger partial charge in [-0.1, -0.05) is 0 Å². The monoisotopic (exact) mass is 186 g/mol. The van der Waals surface area contributed by atoms with E-state index in [0.29, 0.717) is 0 Å². The van der Waals surface area contributed by atoms with E-state index in [2.05, 4.69) is 0 Å². The molecule has 0 aliphatic carbocycles. The van der Waals surface area contributed by atoms with Crippen molar-refractivity contribution in [3.05, 3.63) is 0 Å². The molecule has 0 heterocycles. The second kappa shape index (κ2) is 8.64. The lowest BCUT2D eigenvalue weighted by molar-refractivity contribution is -0.143. The molecule has 0 aromatic carbocycles. The molecule has 6 heteroatoms. The average molecular weight is 186 g/mol. The van der Waals surface area contributed by atoms with E-state index in [1.165, 1.54) is 0 Å². The maximum atomic E-state index is 9.64. The number of hydrogen-bond acceptors (Lipinski definition) is 2. The lowest BCUT2D eigenvalue weighted by Gasteiger charge is -1.85. The van der Waals surface area contributed by atoms with Gasteiger partial charge in [-0.2, -0.15) is 27.0 Å². The first-order valence-corrected chi connectivity index (χ1v) is 2.06. The predicted octanol–water partition coefficient (Wildman–Crippen LogP) is 0.161. The minimum atomic E-state index is -1.08. The summed E-state index contributed by atoms with van der Waals surface area (Å²) in [6.07, 6.45) is -0.593. The first kappa shape index (κ1) is 16.3. The van der Waals surface area contributed by atoms with Crippen LogP contribution in [0.4, 0.5) is 0 Å². The van der Waals surface area contributed by atoms with E-state index >= 15 is 0 Å². The van der Waals surface area contributed by atoms with Gasteiger partial charge in [0.05, 0.1) is 12.8 Å². The van der Waals surface area contributed by atoms with Crippen LogP contribution in [-0.4, -0.2) is 22.2 Å². The molecule has 0 unspecified atom stereocenters. The van der Waals surface area contributed by atoms with Crippen LogP contribution in [-0.2, 0) is 9.59 Å². The molecule has 0 aromatic rings. The molecule has 0 rings (SSSR count). The molecule has 0 aliphatic rings. The number of aliphatic carboxylic acids is 2. The Kier molecular flexibility index (Phi) is 14.1. The van der Waals surface area contributed by atoms with Gasteiger partial charge in [0.1, 0.15) is 0 Å². The second-order valence-corrected chi connectivity index (χ2v) is 1.29. The SMILES string of the molecule is O=C(O)CCC(=O)O.S.S. The summed E-state index contributed by atoms with van der Waals surface area (Å²) in [6.45, 7) is 0. The molecule has 0 spiro atoms. The Hall–Kier alpha value is -0.360. The highest BCUT2D eigenvalue weighted by molar-refractivity contribution is 7.59. The quantitative estimate of drug-likeness (QED) is 0.658. The molecule has 4 nitrogen and oxygen atoms in total. The fraction of sp³-hybridized carbons (Fsp3) is 0.500. The largest absolute Gasteiger partial charge is 0.481 e. The van der Waals surface area contributed by atoms with Crippen LogP contribution in [0.25, 0.3) is 0 Å². The van der Waals surface area contributed by atoms with Gasteiger partial charge in [-0.05, 0) is 0 Å². The van der Waals surface area contributed by atoms with E-state index in [0.717, 1.165) is 0 Å². The smallest absolute Gasteiger partial charge is 0.303 e. The van der Waals surface area contributed by atoms with Crippen LogP contribution in [0.1, 0.15) is 12.8 Å². The zero-order valence-corrected chi connectivity index (χ0v) is 7.13. The van der Waals surface area contributed by atoms with Crippen LogP contribution in [0.2, 0.25) is 0 Å². The highest BCUT2D eigenvalue weighted by Crippen LogP contribution is 1.85. The van der Waals surface area contributed by atoms with Gasteiger partial charge in [0.15, 0.2) is 0 Å². The summed E-state index contributed by atoms with van der Waals surface area (Å²) in [5, 5.41) is 15.8. The third-order valence-electron chi connectivity index (χ3n) is 0.553. The summed E-state index contributed by atoms with van der Waals surface area (Å²) in [5.41, 5.74) is 0. The van der Waals surface area contributed by atoms with E-state index in [-0.39, 0.29) is 39.8 Å². The molecule has 2 N–H and O–H groups in total. The lowest BCUT2D eigenvalue weighted by atomic mass is 10.3. The first-order chi connectivity index (χ1) is 3.63. The summed E-state index contributed by atoms with van der Waals surface area (Å²) in [5.74, 6) is -2.15. The number of carboxylic acids is 2. The highest BCUT2D eigenvalue weighted by atomic mass is 32.1. The van der Waals surface area contributed by atoms with Crippen LogP contribution < -0.4 is 0 Å². The van der Waals surface area contributed by atoms with Crippen LogP contribution >= 0.6 is 27.0 Å². The Balaban J connectivity index is -0.000000245. The molecule has 10 heavy (non-hydrogen) atoms. The molecule has 62 valence electrons. The minimum absolute atomic E-state index is 0. The second-order valence-electron chi connectivity index (χ2n) is 1.29. The fourth-order valence-electron chi connectivity index (χ4n) is 0.214. The number of rotatable bonds is 3. The molecule has 0 radical (unpaired) electrons. The molecule has 0 amide bonds. The molecule has 0 saturated carbocycles. The normalized spacial score (nSPS) is 6.80. The topological polar surface area (TPSA) is 74.6 Å². The predicted molar refractivity (Wildman–Crippen MR) is 45.3 cm³/mol. The Labute approximate surface area is 72.1 Å². The number of carboxylic acid groups (broad SMARTS) is 2. The van der Waals surface area contributed by atoms with Crippen molar-refractivity contribution >= 4 is 38.9 Å². The molecular formula is C4H10O4S2. The van der Waals surface area contributed by atoms with Gasteiger partial charge in [0.2, 0.25) is 0 Å². The third-order valence-corrected chi connectivity index (χ3v) is 0.553. The summed E-state index contributed by atoms with van der Waals surface area (Å²) < 4.78 is 0. The van der Waals surface area contributed by atoms with Crippen molar-refractivity contribution in [3.8, 4) is 0 Å². The van der Waals surface area contributed by atoms with Gasteiger partial charge in [0.25, 0.3) is 0 Å². The van der Waals surface area contributed by atoms with Crippen LogP contribution in [0, 0.1) is 0 Å². The van der Waals surface area contributed by atoms with Crippen LogP contribution in [0.3, 0.4) is 0 Å². The number of carbonyl (C=O) groups is 2. The third kappa shape index (κ3) is 15.6. The van der Waals surface area contributed by atoms with Crippen LogP contribution in [0.5, 0.6) is 0 Å². The summed E-state index contributed by atoms with van der Waals surface area (Å²) in [7, 11) is 0. The maximum absolute atomic E-state index is 9.64. The van der Waals surface area contributed by atoms with E-state index in [9.17, 15) is 9.59 Å². The van der Waals surface area contributed by atoms with Crippen molar-refractivity contribution in [2.75, 3.05) is 0 Å². The van der Waals surface area contributed by atoms with E-state index in [1.54, 1.807) is 0 Å². The fourth-order valence-corrected chi connectivity index (χ4v) is 0.214. The van der Waals surface area contributed by atoms with Gasteiger partial charge < -0.3 is 10.2 Å². The zero-order valence-electron chi connectivity index (χ0n) is 5.13. The summed E-state index contributed by atoms with van der Waals surface area (Å²) >= 11 is 0. The Morgan fingerprint density at radius 1 is 0.900 bits per heavy atom. The molecule has 0 aliphatic heterocycles. The van der Waals surface area contributed by atoms with Gasteiger partial charge in [0, 0.05) is 0 Å². The van der Waals surface area contributed by atoms with Crippen molar-refractivity contribution in [1.29, 1.82) is 0 Å². The van der Waals surface area contributed by atoms with E-state index in [4.69, 9.17) is 10.2 Å². The van der Waals surface area contributed by atoms with Crippen molar-refractivity contribution in [2.24, 2.45) is 0 Å². The minimum Gasteiger partial charge on any atom is -0.481 e. The molecule has 0 bridgehead atoms. The Bertz CT molecular complexity index is 99.8. The lowest BCUT2D eigenvalue weighted by Crippen LogP contribution is -2.00. The average Bonchev–Trinajstić information content (AvgIpc) is 1.61. The zero-order chi connectivity index (χ0) is 6.57. The van der Waals surface area contributed by atoms with Gasteiger partial charge >= 0.3 is 11.9 Å². The standard InChI is InChI=1S/C4H6O4.2H2S/c5-3(6)1-2-4(7)8;;/h1-2H2,(H,5,6)(H,7,8);2*1H2. The van der Waals surface area contributed by atoms with Gasteiger partial charge in [-0.15, -0.1) is 0 Å². The van der Waals surface area contributed by atoms with E-state index < -0.39 is 11.9 Å². The van der Waals surface area contributed by atoms with Crippen molar-refractivity contribution < 1.29 is 19.8 Å². The van der Waals surface area contributed by atoms with E-state index in [1.807, 2.05) is 0 Å². The van der Waals surface area contributed by atoms with Gasteiger partial charge in [-0.3, -0.25) is 9.59 Å². The maximum Gasteiger partial charge on any atom is 0.303 e. The Morgan fingerprint density at radius 2 is 1.10 bits per heavy atom.